The van der Waals surface area contributed by atoms with Gasteiger partial charge in [-0.25, -0.2) is 0 Å². The SMILES string of the molecule is CNC(CCC1CCCO1)C1=CCCC1. The van der Waals surface area contributed by atoms with Crippen molar-refractivity contribution in [1.82, 2.24) is 5.32 Å². The molecule has 2 nitrogen and oxygen atoms in total. The van der Waals surface area contributed by atoms with Crippen molar-refractivity contribution < 1.29 is 4.74 Å². The van der Waals surface area contributed by atoms with Crippen LogP contribution in [0.15, 0.2) is 11.6 Å². The van der Waals surface area contributed by atoms with Gasteiger partial charge in [0.05, 0.1) is 6.10 Å². The van der Waals surface area contributed by atoms with E-state index in [0.717, 1.165) is 6.61 Å². The summed E-state index contributed by atoms with van der Waals surface area (Å²) in [5.41, 5.74) is 1.63. The molecule has 0 aromatic heterocycles. The summed E-state index contributed by atoms with van der Waals surface area (Å²) in [6, 6.07) is 0.608. The topological polar surface area (TPSA) is 21.3 Å². The van der Waals surface area contributed by atoms with Crippen LogP contribution in [0.1, 0.15) is 44.9 Å². The van der Waals surface area contributed by atoms with Crippen molar-refractivity contribution in [2.45, 2.75) is 57.1 Å². The first-order valence-electron chi connectivity index (χ1n) is 6.38. The highest BCUT2D eigenvalue weighted by molar-refractivity contribution is 5.14. The molecule has 2 unspecified atom stereocenters. The average Bonchev–Trinajstić information content (AvgIpc) is 2.90. The van der Waals surface area contributed by atoms with E-state index in [1.165, 1.54) is 44.9 Å². The molecule has 2 heteroatoms. The predicted molar refractivity (Wildman–Crippen MR) is 63.0 cm³/mol. The Hall–Kier alpha value is -0.340. The molecule has 2 atom stereocenters. The van der Waals surface area contributed by atoms with E-state index >= 15 is 0 Å². The van der Waals surface area contributed by atoms with E-state index in [4.69, 9.17) is 4.74 Å². The van der Waals surface area contributed by atoms with Crippen LogP contribution < -0.4 is 5.32 Å². The summed E-state index contributed by atoms with van der Waals surface area (Å²) in [5.74, 6) is 0. The number of likely N-dealkylation sites (N-methyl/N-ethyl adjacent to an activating group) is 1. The number of hydrogen-bond donors (Lipinski definition) is 1. The molecule has 2 aliphatic rings. The highest BCUT2D eigenvalue weighted by Crippen LogP contribution is 2.25. The standard InChI is InChI=1S/C13H23NO/c1-14-13(11-5-2-3-6-11)9-8-12-7-4-10-15-12/h5,12-14H,2-4,6-10H2,1H3. The van der Waals surface area contributed by atoms with Crippen LogP contribution in [0, 0.1) is 0 Å². The molecule has 0 aromatic rings. The van der Waals surface area contributed by atoms with Gasteiger partial charge in [-0.15, -0.1) is 0 Å². The van der Waals surface area contributed by atoms with E-state index in [-0.39, 0.29) is 0 Å². The minimum absolute atomic E-state index is 0.544. The van der Waals surface area contributed by atoms with Gasteiger partial charge in [-0.1, -0.05) is 11.6 Å². The van der Waals surface area contributed by atoms with Gasteiger partial charge in [-0.3, -0.25) is 0 Å². The van der Waals surface area contributed by atoms with E-state index < -0.39 is 0 Å². The maximum atomic E-state index is 5.66. The minimum Gasteiger partial charge on any atom is -0.378 e. The van der Waals surface area contributed by atoms with Crippen LogP contribution in [-0.2, 0) is 4.74 Å². The van der Waals surface area contributed by atoms with Gasteiger partial charge in [0.1, 0.15) is 0 Å². The Labute approximate surface area is 93.1 Å². The lowest BCUT2D eigenvalue weighted by molar-refractivity contribution is 0.101. The Morgan fingerprint density at radius 1 is 1.53 bits per heavy atom. The average molecular weight is 209 g/mol. The van der Waals surface area contributed by atoms with Gasteiger partial charge in [0.25, 0.3) is 0 Å². The van der Waals surface area contributed by atoms with Crippen LogP contribution in [-0.4, -0.2) is 25.8 Å². The molecule has 1 N–H and O–H groups in total. The highest BCUT2D eigenvalue weighted by Gasteiger charge is 2.20. The third kappa shape index (κ3) is 3.05. The Morgan fingerprint density at radius 3 is 3.07 bits per heavy atom. The number of ether oxygens (including phenoxy) is 1. The molecule has 1 saturated heterocycles. The monoisotopic (exact) mass is 209 g/mol. The molecule has 0 saturated carbocycles. The Bertz CT molecular complexity index is 219. The lowest BCUT2D eigenvalue weighted by atomic mass is 9.99. The predicted octanol–water partition coefficient (Wildman–Crippen LogP) is 2.64. The molecule has 0 aromatic carbocycles. The second-order valence-corrected chi connectivity index (χ2v) is 4.72. The summed E-state index contributed by atoms with van der Waals surface area (Å²) < 4.78 is 5.66. The number of rotatable bonds is 5. The summed E-state index contributed by atoms with van der Waals surface area (Å²) in [6.45, 7) is 0.984. The van der Waals surface area contributed by atoms with Crippen LogP contribution in [0.25, 0.3) is 0 Å². The zero-order valence-corrected chi connectivity index (χ0v) is 9.80. The summed E-state index contributed by atoms with van der Waals surface area (Å²) in [4.78, 5) is 0. The van der Waals surface area contributed by atoms with Gasteiger partial charge in [-0.05, 0) is 52.0 Å². The van der Waals surface area contributed by atoms with E-state index in [2.05, 4.69) is 18.4 Å². The normalized spacial score (nSPS) is 28.1. The van der Waals surface area contributed by atoms with Crippen LogP contribution in [0.3, 0.4) is 0 Å². The molecule has 15 heavy (non-hydrogen) atoms. The molecule has 1 aliphatic heterocycles. The Morgan fingerprint density at radius 2 is 2.47 bits per heavy atom. The maximum absolute atomic E-state index is 5.66. The smallest absolute Gasteiger partial charge is 0.0576 e. The maximum Gasteiger partial charge on any atom is 0.0576 e. The highest BCUT2D eigenvalue weighted by atomic mass is 16.5. The van der Waals surface area contributed by atoms with Crippen LogP contribution in [0.4, 0.5) is 0 Å². The summed E-state index contributed by atoms with van der Waals surface area (Å²) in [6.07, 6.45) is 11.9. The lowest BCUT2D eigenvalue weighted by Gasteiger charge is -2.19. The molecular formula is C13H23NO. The lowest BCUT2D eigenvalue weighted by Crippen LogP contribution is -2.28. The molecule has 86 valence electrons. The summed E-state index contributed by atoms with van der Waals surface area (Å²) in [5, 5.41) is 3.44. The first-order valence-corrected chi connectivity index (χ1v) is 6.38. The molecule has 1 heterocycles. The van der Waals surface area contributed by atoms with Crippen molar-refractivity contribution in [2.24, 2.45) is 0 Å². The third-order valence-corrected chi connectivity index (χ3v) is 3.67. The van der Waals surface area contributed by atoms with Gasteiger partial charge < -0.3 is 10.1 Å². The fraction of sp³-hybridized carbons (Fsp3) is 0.846. The van der Waals surface area contributed by atoms with Gasteiger partial charge >= 0.3 is 0 Å². The van der Waals surface area contributed by atoms with Crippen molar-refractivity contribution in [3.63, 3.8) is 0 Å². The van der Waals surface area contributed by atoms with Gasteiger partial charge in [0, 0.05) is 12.6 Å². The largest absolute Gasteiger partial charge is 0.378 e. The Kier molecular flexibility index (Phi) is 4.21. The molecule has 1 aliphatic carbocycles. The fourth-order valence-corrected chi connectivity index (χ4v) is 2.75. The fourth-order valence-electron chi connectivity index (χ4n) is 2.75. The van der Waals surface area contributed by atoms with Crippen LogP contribution in [0.5, 0.6) is 0 Å². The van der Waals surface area contributed by atoms with Crippen molar-refractivity contribution in [1.29, 1.82) is 0 Å². The molecule has 0 bridgehead atoms. The molecule has 2 rings (SSSR count). The summed E-state index contributed by atoms with van der Waals surface area (Å²) >= 11 is 0. The van der Waals surface area contributed by atoms with Crippen molar-refractivity contribution >= 4 is 0 Å². The first kappa shape index (κ1) is 11.2. The molecule has 0 spiro atoms. The van der Waals surface area contributed by atoms with E-state index in [0.29, 0.717) is 12.1 Å². The minimum atomic E-state index is 0.544. The van der Waals surface area contributed by atoms with E-state index in [1.807, 2.05) is 0 Å². The quantitative estimate of drug-likeness (QED) is 0.703. The van der Waals surface area contributed by atoms with Gasteiger partial charge in [0.15, 0.2) is 0 Å². The third-order valence-electron chi connectivity index (χ3n) is 3.67. The van der Waals surface area contributed by atoms with Gasteiger partial charge in [0.2, 0.25) is 0 Å². The molecular weight excluding hydrogens is 186 g/mol. The van der Waals surface area contributed by atoms with Gasteiger partial charge in [-0.2, -0.15) is 0 Å². The van der Waals surface area contributed by atoms with E-state index in [1.54, 1.807) is 5.57 Å². The second kappa shape index (κ2) is 5.66. The molecule has 1 fully saturated rings. The second-order valence-electron chi connectivity index (χ2n) is 4.72. The molecule has 0 radical (unpaired) electrons. The number of allylic oxidation sites excluding steroid dienone is 1. The van der Waals surface area contributed by atoms with Crippen molar-refractivity contribution in [3.05, 3.63) is 11.6 Å². The first-order chi connectivity index (χ1) is 7.40. The number of hydrogen-bond acceptors (Lipinski definition) is 2. The zero-order chi connectivity index (χ0) is 10.5. The van der Waals surface area contributed by atoms with Crippen molar-refractivity contribution in [2.75, 3.05) is 13.7 Å². The van der Waals surface area contributed by atoms with Crippen LogP contribution in [0.2, 0.25) is 0 Å². The zero-order valence-electron chi connectivity index (χ0n) is 9.80. The molecule has 0 amide bonds. The van der Waals surface area contributed by atoms with Crippen molar-refractivity contribution in [3.8, 4) is 0 Å². The van der Waals surface area contributed by atoms with E-state index in [9.17, 15) is 0 Å². The Balaban J connectivity index is 1.74. The van der Waals surface area contributed by atoms with Crippen LogP contribution >= 0.6 is 0 Å². The number of nitrogens with one attached hydrogen (secondary N) is 1. The summed E-state index contributed by atoms with van der Waals surface area (Å²) in [7, 11) is 2.08.